The molecule has 0 amide bonds. The molecule has 2 nitrogen and oxygen atoms in total. The van der Waals surface area contributed by atoms with E-state index in [0.29, 0.717) is 0 Å². The molecule has 1 aromatic carbocycles. The number of nitrogens with zero attached hydrogens (tertiary/aromatic N) is 2. The SMILES string of the molecule is CCCn1cc(CCN(C)C)c2c3c(ccc21)CCCCC3. The molecule has 3 rings (SSSR count). The van der Waals surface area contributed by atoms with Gasteiger partial charge in [-0.3, -0.25) is 0 Å². The van der Waals surface area contributed by atoms with Gasteiger partial charge < -0.3 is 9.47 Å². The zero-order chi connectivity index (χ0) is 15.5. The van der Waals surface area contributed by atoms with Crippen LogP contribution in [0.25, 0.3) is 10.9 Å². The second-order valence-electron chi connectivity index (χ2n) is 7.06. The molecule has 2 aromatic rings. The molecule has 0 saturated carbocycles. The van der Waals surface area contributed by atoms with Crippen LogP contribution in [-0.2, 0) is 25.8 Å². The van der Waals surface area contributed by atoms with E-state index in [0.717, 1.165) is 19.5 Å². The second-order valence-corrected chi connectivity index (χ2v) is 7.06. The normalized spacial score (nSPS) is 15.3. The van der Waals surface area contributed by atoms with Gasteiger partial charge in [-0.25, -0.2) is 0 Å². The molecule has 0 aliphatic heterocycles. The van der Waals surface area contributed by atoms with Gasteiger partial charge in [-0.05, 0) is 75.4 Å². The summed E-state index contributed by atoms with van der Waals surface area (Å²) in [4.78, 5) is 2.30. The molecule has 0 bridgehead atoms. The van der Waals surface area contributed by atoms with Gasteiger partial charge in [-0.2, -0.15) is 0 Å². The van der Waals surface area contributed by atoms with Crippen molar-refractivity contribution >= 4 is 10.9 Å². The molecule has 1 aromatic heterocycles. The molecule has 1 aliphatic rings. The van der Waals surface area contributed by atoms with Crippen LogP contribution in [0, 0.1) is 0 Å². The van der Waals surface area contributed by atoms with Gasteiger partial charge in [0, 0.05) is 30.2 Å². The number of aryl methyl sites for hydroxylation is 3. The summed E-state index contributed by atoms with van der Waals surface area (Å²) in [6, 6.07) is 4.79. The van der Waals surface area contributed by atoms with E-state index in [4.69, 9.17) is 0 Å². The molecule has 1 aliphatic carbocycles. The van der Waals surface area contributed by atoms with Gasteiger partial charge in [0.15, 0.2) is 0 Å². The van der Waals surface area contributed by atoms with Gasteiger partial charge in [0.25, 0.3) is 0 Å². The van der Waals surface area contributed by atoms with Crippen LogP contribution in [0.3, 0.4) is 0 Å². The summed E-state index contributed by atoms with van der Waals surface area (Å²) >= 11 is 0. The summed E-state index contributed by atoms with van der Waals surface area (Å²) in [6.45, 7) is 4.54. The molecular formula is C20H30N2. The van der Waals surface area contributed by atoms with Crippen LogP contribution in [-0.4, -0.2) is 30.1 Å². The summed E-state index contributed by atoms with van der Waals surface area (Å²) in [5.41, 5.74) is 6.32. The van der Waals surface area contributed by atoms with Crippen molar-refractivity contribution in [2.45, 2.75) is 58.4 Å². The fourth-order valence-corrected chi connectivity index (χ4v) is 3.87. The summed E-state index contributed by atoms with van der Waals surface area (Å²) in [5.74, 6) is 0. The van der Waals surface area contributed by atoms with Crippen molar-refractivity contribution in [1.29, 1.82) is 0 Å². The third-order valence-corrected chi connectivity index (χ3v) is 5.00. The van der Waals surface area contributed by atoms with E-state index in [1.54, 1.807) is 22.1 Å². The Morgan fingerprint density at radius 1 is 1.09 bits per heavy atom. The highest BCUT2D eigenvalue weighted by atomic mass is 15.0. The number of likely N-dealkylation sites (N-methyl/N-ethyl adjacent to an activating group) is 1. The lowest BCUT2D eigenvalue weighted by Crippen LogP contribution is -2.15. The average molecular weight is 298 g/mol. The van der Waals surface area contributed by atoms with Crippen molar-refractivity contribution in [2.75, 3.05) is 20.6 Å². The zero-order valence-corrected chi connectivity index (χ0v) is 14.5. The molecule has 0 radical (unpaired) electrons. The summed E-state index contributed by atoms with van der Waals surface area (Å²) in [5, 5.41) is 1.59. The van der Waals surface area contributed by atoms with E-state index >= 15 is 0 Å². The van der Waals surface area contributed by atoms with Crippen LogP contribution < -0.4 is 0 Å². The Bertz CT molecular complexity index is 637. The molecule has 2 heteroatoms. The molecule has 0 atom stereocenters. The summed E-state index contributed by atoms with van der Waals surface area (Å²) < 4.78 is 2.49. The molecular weight excluding hydrogens is 268 g/mol. The smallest absolute Gasteiger partial charge is 0.0486 e. The van der Waals surface area contributed by atoms with Crippen LogP contribution in [0.5, 0.6) is 0 Å². The first-order valence-corrected chi connectivity index (χ1v) is 8.98. The Balaban J connectivity index is 2.10. The molecule has 0 unspecified atom stereocenters. The van der Waals surface area contributed by atoms with Crippen molar-refractivity contribution < 1.29 is 0 Å². The molecule has 0 saturated heterocycles. The molecule has 1 heterocycles. The first kappa shape index (κ1) is 15.6. The van der Waals surface area contributed by atoms with Gasteiger partial charge >= 0.3 is 0 Å². The van der Waals surface area contributed by atoms with Crippen molar-refractivity contribution in [1.82, 2.24) is 9.47 Å². The van der Waals surface area contributed by atoms with Crippen molar-refractivity contribution in [3.63, 3.8) is 0 Å². The van der Waals surface area contributed by atoms with E-state index in [9.17, 15) is 0 Å². The van der Waals surface area contributed by atoms with Crippen LogP contribution in [0.4, 0.5) is 0 Å². The number of fused-ring (bicyclic) bond motifs is 3. The number of benzene rings is 1. The largest absolute Gasteiger partial charge is 0.347 e. The third kappa shape index (κ3) is 3.08. The first-order valence-electron chi connectivity index (χ1n) is 8.98. The highest BCUT2D eigenvalue weighted by Gasteiger charge is 2.17. The summed E-state index contributed by atoms with van der Waals surface area (Å²) in [6.07, 6.45) is 11.5. The Hall–Kier alpha value is -1.28. The highest BCUT2D eigenvalue weighted by molar-refractivity contribution is 5.88. The number of aromatic nitrogens is 1. The van der Waals surface area contributed by atoms with E-state index in [1.165, 1.54) is 44.0 Å². The van der Waals surface area contributed by atoms with E-state index in [1.807, 2.05) is 0 Å². The Labute approximate surface area is 135 Å². The van der Waals surface area contributed by atoms with Gasteiger partial charge in [0.05, 0.1) is 0 Å². The van der Waals surface area contributed by atoms with Crippen LogP contribution in [0.15, 0.2) is 18.3 Å². The quantitative estimate of drug-likeness (QED) is 0.742. The zero-order valence-electron chi connectivity index (χ0n) is 14.5. The molecule has 0 fully saturated rings. The van der Waals surface area contributed by atoms with Crippen LogP contribution >= 0.6 is 0 Å². The third-order valence-electron chi connectivity index (χ3n) is 5.00. The predicted molar refractivity (Wildman–Crippen MR) is 95.7 cm³/mol. The number of hydrogen-bond acceptors (Lipinski definition) is 1. The van der Waals surface area contributed by atoms with Crippen molar-refractivity contribution in [3.8, 4) is 0 Å². The predicted octanol–water partition coefficient (Wildman–Crippen LogP) is 4.42. The van der Waals surface area contributed by atoms with Crippen molar-refractivity contribution in [2.24, 2.45) is 0 Å². The highest BCUT2D eigenvalue weighted by Crippen LogP contribution is 2.32. The molecule has 120 valence electrons. The Kier molecular flexibility index (Phi) is 4.87. The lowest BCUT2D eigenvalue weighted by molar-refractivity contribution is 0.414. The minimum Gasteiger partial charge on any atom is -0.347 e. The van der Waals surface area contributed by atoms with E-state index < -0.39 is 0 Å². The maximum absolute atomic E-state index is 2.49. The van der Waals surface area contributed by atoms with Gasteiger partial charge in [-0.1, -0.05) is 19.4 Å². The van der Waals surface area contributed by atoms with E-state index in [2.05, 4.69) is 48.8 Å². The Morgan fingerprint density at radius 2 is 1.91 bits per heavy atom. The molecule has 0 N–H and O–H groups in total. The van der Waals surface area contributed by atoms with Crippen LogP contribution in [0.2, 0.25) is 0 Å². The maximum Gasteiger partial charge on any atom is 0.0486 e. The minimum atomic E-state index is 1.13. The number of rotatable bonds is 5. The fraction of sp³-hybridized carbons (Fsp3) is 0.600. The lowest BCUT2D eigenvalue weighted by Gasteiger charge is -2.12. The van der Waals surface area contributed by atoms with Gasteiger partial charge in [0.2, 0.25) is 0 Å². The first-order chi connectivity index (χ1) is 10.7. The molecule has 22 heavy (non-hydrogen) atoms. The second kappa shape index (κ2) is 6.87. The van der Waals surface area contributed by atoms with Gasteiger partial charge in [-0.15, -0.1) is 0 Å². The molecule has 0 spiro atoms. The van der Waals surface area contributed by atoms with E-state index in [-0.39, 0.29) is 0 Å². The van der Waals surface area contributed by atoms with Crippen LogP contribution in [0.1, 0.15) is 49.3 Å². The topological polar surface area (TPSA) is 8.17 Å². The maximum atomic E-state index is 2.49. The summed E-state index contributed by atoms with van der Waals surface area (Å²) in [7, 11) is 4.34. The average Bonchev–Trinajstić information content (AvgIpc) is 2.69. The number of hydrogen-bond donors (Lipinski definition) is 0. The monoisotopic (exact) mass is 298 g/mol. The lowest BCUT2D eigenvalue weighted by atomic mass is 9.96. The Morgan fingerprint density at radius 3 is 2.68 bits per heavy atom. The fourth-order valence-electron chi connectivity index (χ4n) is 3.87. The van der Waals surface area contributed by atoms with Crippen molar-refractivity contribution in [3.05, 3.63) is 35.0 Å². The minimum absolute atomic E-state index is 1.13. The van der Waals surface area contributed by atoms with Gasteiger partial charge in [0.1, 0.15) is 0 Å². The standard InChI is InChI=1S/C20H30N2/c1-4-13-22-15-17(12-14-21(2)3)20-18-9-7-5-6-8-16(18)10-11-19(20)22/h10-11,15H,4-9,12-14H2,1-3H3.